The molecule has 2 amide bonds. The van der Waals surface area contributed by atoms with Crippen molar-refractivity contribution in [3.05, 3.63) is 88.3 Å². The molecule has 9 heteroatoms. The number of benzene rings is 2. The number of carbonyl (C=O) groups excluding carboxylic acids is 2. The Balaban J connectivity index is 1.80. The van der Waals surface area contributed by atoms with Crippen molar-refractivity contribution in [1.29, 1.82) is 0 Å². The Morgan fingerprint density at radius 2 is 1.66 bits per heavy atom. The molecule has 32 heavy (non-hydrogen) atoms. The number of hydrogen-bond acceptors (Lipinski definition) is 4. The zero-order valence-electron chi connectivity index (χ0n) is 17.7. The predicted octanol–water partition coefficient (Wildman–Crippen LogP) is 4.32. The highest BCUT2D eigenvalue weighted by Crippen LogP contribution is 2.20. The molecule has 0 spiro atoms. The summed E-state index contributed by atoms with van der Waals surface area (Å²) >= 11 is 5.80. The van der Waals surface area contributed by atoms with Crippen LogP contribution in [0.25, 0.3) is 0 Å². The third kappa shape index (κ3) is 5.47. The molecule has 0 aliphatic carbocycles. The Morgan fingerprint density at radius 1 is 0.969 bits per heavy atom. The summed E-state index contributed by atoms with van der Waals surface area (Å²) in [6.45, 7) is 0. The third-order valence-corrected chi connectivity index (χ3v) is 4.71. The van der Waals surface area contributed by atoms with E-state index >= 15 is 0 Å². The Hall–Kier alpha value is -3.78. The van der Waals surface area contributed by atoms with Gasteiger partial charge in [0.25, 0.3) is 11.8 Å². The molecule has 0 atom stereocenters. The van der Waals surface area contributed by atoms with Crippen LogP contribution in [0.1, 0.15) is 26.3 Å². The van der Waals surface area contributed by atoms with Crippen LogP contribution in [0.15, 0.2) is 65.8 Å². The van der Waals surface area contributed by atoms with E-state index in [1.54, 1.807) is 37.4 Å². The summed E-state index contributed by atoms with van der Waals surface area (Å²) in [6.07, 6.45) is 1.38. The monoisotopic (exact) mass is 453 g/mol. The summed E-state index contributed by atoms with van der Waals surface area (Å²) in [7, 11) is 5.45. The second-order valence-electron chi connectivity index (χ2n) is 6.98. The van der Waals surface area contributed by atoms with Gasteiger partial charge in [-0.1, -0.05) is 23.7 Å². The number of carbonyl (C=O) groups is 2. The standard InChI is InChI=1S/C23H21ClFN5O2/c1-26-21(30(2)3)14-4-6-15(7-5-14)22(31)28-19-10-9-17(25)12-18(19)23(32)29-20-11-8-16(24)13-27-20/h4-13H,1-3H3,(H,28,31)(H,27,29,32). The number of anilines is 2. The molecule has 1 aromatic heterocycles. The van der Waals surface area contributed by atoms with Gasteiger partial charge >= 0.3 is 0 Å². The Morgan fingerprint density at radius 3 is 2.25 bits per heavy atom. The number of amides is 2. The van der Waals surface area contributed by atoms with Crippen LogP contribution in [0, 0.1) is 5.82 Å². The normalized spacial score (nSPS) is 11.1. The van der Waals surface area contributed by atoms with E-state index in [-0.39, 0.29) is 17.1 Å². The molecular weight excluding hydrogens is 433 g/mol. The van der Waals surface area contributed by atoms with Crippen LogP contribution >= 0.6 is 11.6 Å². The smallest absolute Gasteiger partial charge is 0.259 e. The highest BCUT2D eigenvalue weighted by molar-refractivity contribution is 6.30. The first kappa shape index (κ1) is 22.9. The van der Waals surface area contributed by atoms with Crippen molar-refractivity contribution in [2.45, 2.75) is 0 Å². The molecule has 0 saturated carbocycles. The number of aliphatic imine (C=N–C) groups is 1. The molecule has 3 aromatic rings. The van der Waals surface area contributed by atoms with Gasteiger partial charge in [-0.3, -0.25) is 14.6 Å². The Labute approximate surface area is 190 Å². The number of aromatic nitrogens is 1. The lowest BCUT2D eigenvalue weighted by atomic mass is 10.1. The van der Waals surface area contributed by atoms with Gasteiger partial charge in [0.1, 0.15) is 17.5 Å². The lowest BCUT2D eigenvalue weighted by Crippen LogP contribution is -2.23. The average molecular weight is 454 g/mol. The zero-order valence-corrected chi connectivity index (χ0v) is 18.4. The van der Waals surface area contributed by atoms with Crippen molar-refractivity contribution >= 4 is 40.8 Å². The number of halogens is 2. The van der Waals surface area contributed by atoms with Crippen molar-refractivity contribution in [1.82, 2.24) is 9.88 Å². The van der Waals surface area contributed by atoms with Gasteiger partial charge in [-0.2, -0.15) is 0 Å². The minimum absolute atomic E-state index is 0.0419. The van der Waals surface area contributed by atoms with Crippen LogP contribution in [0.5, 0.6) is 0 Å². The molecule has 0 aliphatic heterocycles. The maximum absolute atomic E-state index is 13.8. The Bertz CT molecular complexity index is 1160. The Kier molecular flexibility index (Phi) is 7.17. The van der Waals surface area contributed by atoms with Crippen LogP contribution in [-0.4, -0.2) is 48.7 Å². The SMILES string of the molecule is CN=C(c1ccc(C(=O)Nc2ccc(F)cc2C(=O)Nc2ccc(Cl)cn2)cc1)N(C)C. The average Bonchev–Trinajstić information content (AvgIpc) is 2.77. The first-order valence-electron chi connectivity index (χ1n) is 9.57. The number of rotatable bonds is 5. The van der Waals surface area contributed by atoms with E-state index in [9.17, 15) is 14.0 Å². The van der Waals surface area contributed by atoms with Crippen LogP contribution in [0.2, 0.25) is 5.02 Å². The molecule has 0 unspecified atom stereocenters. The van der Waals surface area contributed by atoms with Crippen molar-refractivity contribution in [3.8, 4) is 0 Å². The van der Waals surface area contributed by atoms with Crippen LogP contribution in [0.4, 0.5) is 15.9 Å². The van der Waals surface area contributed by atoms with Crippen LogP contribution in [-0.2, 0) is 0 Å². The molecule has 2 N–H and O–H groups in total. The highest BCUT2D eigenvalue weighted by atomic mass is 35.5. The van der Waals surface area contributed by atoms with E-state index in [1.807, 2.05) is 19.0 Å². The second kappa shape index (κ2) is 10.0. The summed E-state index contributed by atoms with van der Waals surface area (Å²) in [4.78, 5) is 35.5. The van der Waals surface area contributed by atoms with Gasteiger partial charge in [-0.15, -0.1) is 0 Å². The van der Waals surface area contributed by atoms with E-state index in [0.29, 0.717) is 10.6 Å². The van der Waals surface area contributed by atoms with Crippen LogP contribution in [0.3, 0.4) is 0 Å². The lowest BCUT2D eigenvalue weighted by molar-refractivity contribution is 0.102. The van der Waals surface area contributed by atoms with Crippen molar-refractivity contribution in [2.75, 3.05) is 31.8 Å². The molecule has 0 radical (unpaired) electrons. The van der Waals surface area contributed by atoms with Crippen LogP contribution < -0.4 is 10.6 Å². The van der Waals surface area contributed by atoms with E-state index in [0.717, 1.165) is 23.5 Å². The third-order valence-electron chi connectivity index (χ3n) is 4.48. The number of amidine groups is 1. The lowest BCUT2D eigenvalue weighted by Gasteiger charge is -2.16. The molecule has 0 aliphatic rings. The van der Waals surface area contributed by atoms with Gasteiger partial charge in [0, 0.05) is 38.5 Å². The minimum atomic E-state index is -0.625. The predicted molar refractivity (Wildman–Crippen MR) is 124 cm³/mol. The highest BCUT2D eigenvalue weighted by Gasteiger charge is 2.17. The van der Waals surface area contributed by atoms with E-state index < -0.39 is 17.6 Å². The van der Waals surface area contributed by atoms with Gasteiger partial charge in [0.15, 0.2) is 0 Å². The van der Waals surface area contributed by atoms with E-state index in [4.69, 9.17) is 11.6 Å². The summed E-state index contributed by atoms with van der Waals surface area (Å²) in [6, 6.07) is 13.5. The summed E-state index contributed by atoms with van der Waals surface area (Å²) < 4.78 is 13.8. The van der Waals surface area contributed by atoms with Gasteiger partial charge in [0.05, 0.1) is 16.3 Å². The fraction of sp³-hybridized carbons (Fsp3) is 0.130. The zero-order chi connectivity index (χ0) is 23.3. The van der Waals surface area contributed by atoms with Crippen molar-refractivity contribution in [2.24, 2.45) is 4.99 Å². The topological polar surface area (TPSA) is 86.7 Å². The molecular formula is C23H21ClFN5O2. The number of nitrogens with one attached hydrogen (secondary N) is 2. The molecule has 2 aromatic carbocycles. The second-order valence-corrected chi connectivity index (χ2v) is 7.42. The fourth-order valence-corrected chi connectivity index (χ4v) is 3.11. The minimum Gasteiger partial charge on any atom is -0.363 e. The molecule has 164 valence electrons. The largest absolute Gasteiger partial charge is 0.363 e. The first-order valence-corrected chi connectivity index (χ1v) is 9.94. The molecule has 7 nitrogen and oxygen atoms in total. The summed E-state index contributed by atoms with van der Waals surface area (Å²) in [5.74, 6) is -0.672. The molecule has 0 saturated heterocycles. The fourth-order valence-electron chi connectivity index (χ4n) is 3.00. The maximum atomic E-state index is 13.8. The van der Waals surface area contributed by atoms with Gasteiger partial charge in [-0.05, 0) is 42.5 Å². The van der Waals surface area contributed by atoms with Gasteiger partial charge in [0.2, 0.25) is 0 Å². The van der Waals surface area contributed by atoms with Gasteiger partial charge < -0.3 is 15.5 Å². The molecule has 0 fully saturated rings. The maximum Gasteiger partial charge on any atom is 0.259 e. The van der Waals surface area contributed by atoms with E-state index in [1.165, 1.54) is 18.3 Å². The molecule has 0 bridgehead atoms. The van der Waals surface area contributed by atoms with E-state index in [2.05, 4.69) is 20.6 Å². The summed E-state index contributed by atoms with van der Waals surface area (Å²) in [5.41, 5.74) is 1.35. The number of pyridine rings is 1. The van der Waals surface area contributed by atoms with Gasteiger partial charge in [-0.25, -0.2) is 9.37 Å². The number of hydrogen-bond donors (Lipinski definition) is 2. The summed E-state index contributed by atoms with van der Waals surface area (Å²) in [5, 5.41) is 5.64. The molecule has 1 heterocycles. The first-order chi connectivity index (χ1) is 15.3. The van der Waals surface area contributed by atoms with Crippen molar-refractivity contribution in [3.63, 3.8) is 0 Å². The van der Waals surface area contributed by atoms with Crippen molar-refractivity contribution < 1.29 is 14.0 Å². The quantitative estimate of drug-likeness (QED) is 0.445. The molecule has 3 rings (SSSR count). The number of nitrogens with zero attached hydrogens (tertiary/aromatic N) is 3.